The highest BCUT2D eigenvalue weighted by Gasteiger charge is 2.10. The molecule has 1 atom stereocenters. The molecule has 2 heterocycles. The first-order chi connectivity index (χ1) is 8.15. The minimum absolute atomic E-state index is 0.0856. The first kappa shape index (κ1) is 11.0. The van der Waals surface area contributed by atoms with Crippen molar-refractivity contribution in [2.45, 2.75) is 19.5 Å². The van der Waals surface area contributed by atoms with Gasteiger partial charge in [-0.05, 0) is 25.1 Å². The third-order valence-electron chi connectivity index (χ3n) is 2.73. The van der Waals surface area contributed by atoms with Crippen molar-refractivity contribution < 1.29 is 0 Å². The number of nitrogens with two attached hydrogens (primary N) is 1. The van der Waals surface area contributed by atoms with Gasteiger partial charge in [0.25, 0.3) is 0 Å². The summed E-state index contributed by atoms with van der Waals surface area (Å²) < 4.78 is 3.96. The zero-order valence-electron chi connectivity index (χ0n) is 9.35. The number of hydrogen-bond acceptors (Lipinski definition) is 3. The van der Waals surface area contributed by atoms with Gasteiger partial charge in [0.05, 0.1) is 22.6 Å². The summed E-state index contributed by atoms with van der Waals surface area (Å²) in [6.45, 7) is 2.70. The molecule has 0 aliphatic heterocycles. The standard InChI is InChI=1S/C12H12ClN3S/c1-7(14)6-16-12-8(5-15-16)2-3-10-9(12)4-11(13)17-10/h2-5,7H,6,14H2,1H3/t7-/m0/s1. The van der Waals surface area contributed by atoms with E-state index in [9.17, 15) is 0 Å². The Kier molecular flexibility index (Phi) is 2.58. The fourth-order valence-corrected chi connectivity index (χ4v) is 3.22. The van der Waals surface area contributed by atoms with Gasteiger partial charge in [-0.3, -0.25) is 4.68 Å². The van der Waals surface area contributed by atoms with E-state index in [-0.39, 0.29) is 6.04 Å². The Morgan fingerprint density at radius 2 is 2.35 bits per heavy atom. The van der Waals surface area contributed by atoms with E-state index in [1.54, 1.807) is 11.3 Å². The minimum atomic E-state index is 0.0856. The van der Waals surface area contributed by atoms with Crippen LogP contribution in [0.5, 0.6) is 0 Å². The van der Waals surface area contributed by atoms with E-state index in [1.165, 1.54) is 4.70 Å². The minimum Gasteiger partial charge on any atom is -0.326 e. The van der Waals surface area contributed by atoms with E-state index >= 15 is 0 Å². The number of aromatic nitrogens is 2. The molecule has 17 heavy (non-hydrogen) atoms. The fourth-order valence-electron chi connectivity index (χ4n) is 2.08. The Hall–Kier alpha value is -1.10. The van der Waals surface area contributed by atoms with Crippen LogP contribution in [0.2, 0.25) is 4.34 Å². The maximum Gasteiger partial charge on any atom is 0.0941 e. The molecule has 2 N–H and O–H groups in total. The Balaban J connectivity index is 2.33. The van der Waals surface area contributed by atoms with Crippen LogP contribution in [0, 0.1) is 0 Å². The first-order valence-electron chi connectivity index (χ1n) is 5.44. The number of rotatable bonds is 2. The van der Waals surface area contributed by atoms with Crippen LogP contribution >= 0.6 is 22.9 Å². The summed E-state index contributed by atoms with van der Waals surface area (Å²) in [7, 11) is 0. The lowest BCUT2D eigenvalue weighted by molar-refractivity contribution is 0.554. The van der Waals surface area contributed by atoms with Gasteiger partial charge in [-0.2, -0.15) is 5.10 Å². The molecule has 0 radical (unpaired) electrons. The van der Waals surface area contributed by atoms with Crippen LogP contribution in [0.15, 0.2) is 24.4 Å². The highest BCUT2D eigenvalue weighted by Crippen LogP contribution is 2.34. The molecule has 0 amide bonds. The van der Waals surface area contributed by atoms with Crippen LogP contribution in [0.3, 0.4) is 0 Å². The number of halogens is 1. The lowest BCUT2D eigenvalue weighted by Crippen LogP contribution is -2.22. The number of hydrogen-bond donors (Lipinski definition) is 1. The number of nitrogens with zero attached hydrogens (tertiary/aromatic N) is 2. The first-order valence-corrected chi connectivity index (χ1v) is 6.64. The highest BCUT2D eigenvalue weighted by molar-refractivity contribution is 7.22. The molecule has 0 aliphatic carbocycles. The molecular formula is C12H12ClN3S. The topological polar surface area (TPSA) is 43.8 Å². The van der Waals surface area contributed by atoms with Gasteiger partial charge in [0.15, 0.2) is 0 Å². The Morgan fingerprint density at radius 1 is 1.53 bits per heavy atom. The largest absolute Gasteiger partial charge is 0.326 e. The second-order valence-corrected chi connectivity index (χ2v) is 5.98. The molecular weight excluding hydrogens is 254 g/mol. The van der Waals surface area contributed by atoms with Crippen molar-refractivity contribution >= 4 is 43.9 Å². The molecule has 2 aromatic heterocycles. The molecule has 3 nitrogen and oxygen atoms in total. The number of benzene rings is 1. The summed E-state index contributed by atoms with van der Waals surface area (Å²) in [5.74, 6) is 0. The fraction of sp³-hybridized carbons (Fsp3) is 0.250. The Bertz CT molecular complexity index is 683. The molecule has 0 aliphatic rings. The van der Waals surface area contributed by atoms with Gasteiger partial charge in [0.2, 0.25) is 0 Å². The maximum absolute atomic E-state index is 6.07. The lowest BCUT2D eigenvalue weighted by Gasteiger charge is -2.07. The summed E-state index contributed by atoms with van der Waals surface area (Å²) in [4.78, 5) is 0. The lowest BCUT2D eigenvalue weighted by atomic mass is 10.2. The SMILES string of the molecule is C[C@H](N)Cn1ncc2ccc3sc(Cl)cc3c21. The molecule has 0 spiro atoms. The van der Waals surface area contributed by atoms with Gasteiger partial charge in [0, 0.05) is 21.5 Å². The third-order valence-corrected chi connectivity index (χ3v) is 3.96. The summed E-state index contributed by atoms with van der Waals surface area (Å²) in [6, 6.07) is 6.26. The molecule has 0 bridgehead atoms. The zero-order valence-corrected chi connectivity index (χ0v) is 10.9. The monoisotopic (exact) mass is 265 g/mol. The van der Waals surface area contributed by atoms with E-state index in [0.717, 1.165) is 27.2 Å². The molecule has 0 saturated heterocycles. The maximum atomic E-state index is 6.07. The summed E-state index contributed by atoms with van der Waals surface area (Å²) in [5, 5.41) is 6.69. The molecule has 0 fully saturated rings. The average Bonchev–Trinajstić information content (AvgIpc) is 2.79. The van der Waals surface area contributed by atoms with Crippen LogP contribution in [-0.2, 0) is 6.54 Å². The van der Waals surface area contributed by atoms with Crippen molar-refractivity contribution in [2.24, 2.45) is 5.73 Å². The van der Waals surface area contributed by atoms with E-state index in [1.807, 2.05) is 23.9 Å². The predicted molar refractivity (Wildman–Crippen MR) is 73.8 cm³/mol. The van der Waals surface area contributed by atoms with Gasteiger partial charge >= 0.3 is 0 Å². The Labute approximate surface area is 108 Å². The van der Waals surface area contributed by atoms with Crippen LogP contribution < -0.4 is 5.73 Å². The third kappa shape index (κ3) is 1.82. The second-order valence-electron chi connectivity index (χ2n) is 4.27. The van der Waals surface area contributed by atoms with Gasteiger partial charge in [0.1, 0.15) is 0 Å². The molecule has 3 aromatic rings. The summed E-state index contributed by atoms with van der Waals surface area (Å²) >= 11 is 7.66. The van der Waals surface area contributed by atoms with Crippen molar-refractivity contribution in [1.82, 2.24) is 9.78 Å². The normalized spacial score (nSPS) is 13.6. The van der Waals surface area contributed by atoms with Crippen LogP contribution in [0.1, 0.15) is 6.92 Å². The van der Waals surface area contributed by atoms with Crippen molar-refractivity contribution in [3.05, 3.63) is 28.7 Å². The van der Waals surface area contributed by atoms with Gasteiger partial charge in [-0.25, -0.2) is 0 Å². The van der Waals surface area contributed by atoms with Crippen LogP contribution in [0.25, 0.3) is 21.0 Å². The quantitative estimate of drug-likeness (QED) is 0.773. The molecule has 88 valence electrons. The van der Waals surface area contributed by atoms with Crippen molar-refractivity contribution in [2.75, 3.05) is 0 Å². The highest BCUT2D eigenvalue weighted by atomic mass is 35.5. The van der Waals surface area contributed by atoms with E-state index < -0.39 is 0 Å². The van der Waals surface area contributed by atoms with Crippen molar-refractivity contribution in [1.29, 1.82) is 0 Å². The average molecular weight is 266 g/mol. The number of thiophene rings is 1. The second kappa shape index (κ2) is 3.98. The molecule has 1 aromatic carbocycles. The van der Waals surface area contributed by atoms with Crippen LogP contribution in [-0.4, -0.2) is 15.8 Å². The molecule has 0 unspecified atom stereocenters. The van der Waals surface area contributed by atoms with Crippen molar-refractivity contribution in [3.63, 3.8) is 0 Å². The summed E-state index contributed by atoms with van der Waals surface area (Å²) in [6.07, 6.45) is 1.88. The van der Waals surface area contributed by atoms with E-state index in [0.29, 0.717) is 0 Å². The molecule has 3 rings (SSSR count). The smallest absolute Gasteiger partial charge is 0.0941 e. The van der Waals surface area contributed by atoms with Crippen molar-refractivity contribution in [3.8, 4) is 0 Å². The van der Waals surface area contributed by atoms with Gasteiger partial charge < -0.3 is 5.73 Å². The zero-order chi connectivity index (χ0) is 12.0. The molecule has 0 saturated carbocycles. The van der Waals surface area contributed by atoms with Crippen LogP contribution in [0.4, 0.5) is 0 Å². The van der Waals surface area contributed by atoms with E-state index in [2.05, 4.69) is 17.2 Å². The Morgan fingerprint density at radius 3 is 3.12 bits per heavy atom. The predicted octanol–water partition coefficient (Wildman–Crippen LogP) is 3.25. The van der Waals surface area contributed by atoms with E-state index in [4.69, 9.17) is 17.3 Å². The summed E-state index contributed by atoms with van der Waals surface area (Å²) in [5.41, 5.74) is 6.97. The van der Waals surface area contributed by atoms with Gasteiger partial charge in [-0.15, -0.1) is 11.3 Å². The molecule has 5 heteroatoms. The number of fused-ring (bicyclic) bond motifs is 3. The van der Waals surface area contributed by atoms with Gasteiger partial charge in [-0.1, -0.05) is 11.6 Å².